The maximum atomic E-state index is 12.8. The molecule has 9 heteroatoms. The van der Waals surface area contributed by atoms with E-state index in [1.807, 2.05) is 6.92 Å². The lowest BCUT2D eigenvalue weighted by atomic mass is 9.78. The van der Waals surface area contributed by atoms with E-state index in [0.29, 0.717) is 17.7 Å². The Kier molecular flexibility index (Phi) is 6.94. The van der Waals surface area contributed by atoms with Crippen molar-refractivity contribution in [1.29, 1.82) is 0 Å². The van der Waals surface area contributed by atoms with Crippen LogP contribution in [-0.2, 0) is 19.1 Å². The lowest BCUT2D eigenvalue weighted by molar-refractivity contribution is -0.159. The number of nitrogens with two attached hydrogens (primary N) is 1. The minimum absolute atomic E-state index is 0.0304. The molecule has 1 saturated heterocycles. The summed E-state index contributed by atoms with van der Waals surface area (Å²) < 4.78 is 5.54. The standard InChI is InChI=1S/C22H30N4O5/c1-3-4-9-31-14(2)20(29)26-12-22(13-26,21(23)30)11-25-19(28)17-10-24-18(27)16-8-6-5-7-15(16)17/h5-8,14,17H,3-4,9-13H2,1-2H3,(H2,23,30)(H,24,27)(H,25,28). The number of rotatable bonds is 9. The second-order valence-corrected chi connectivity index (χ2v) is 8.27. The van der Waals surface area contributed by atoms with E-state index in [-0.39, 0.29) is 43.9 Å². The third-order valence-corrected chi connectivity index (χ3v) is 6.00. The molecule has 168 valence electrons. The minimum atomic E-state index is -1.01. The highest BCUT2D eigenvalue weighted by Crippen LogP contribution is 2.31. The molecule has 0 aliphatic carbocycles. The van der Waals surface area contributed by atoms with E-state index in [0.717, 1.165) is 12.8 Å². The molecule has 9 nitrogen and oxygen atoms in total. The van der Waals surface area contributed by atoms with Crippen LogP contribution in [0.4, 0.5) is 0 Å². The quantitative estimate of drug-likeness (QED) is 0.480. The zero-order valence-electron chi connectivity index (χ0n) is 18.0. The molecule has 0 spiro atoms. The summed E-state index contributed by atoms with van der Waals surface area (Å²) in [5.41, 5.74) is 5.73. The lowest BCUT2D eigenvalue weighted by Crippen LogP contribution is -2.69. The summed E-state index contributed by atoms with van der Waals surface area (Å²) in [5, 5.41) is 5.52. The van der Waals surface area contributed by atoms with Crippen LogP contribution < -0.4 is 16.4 Å². The van der Waals surface area contributed by atoms with Crippen LogP contribution in [0.25, 0.3) is 0 Å². The van der Waals surface area contributed by atoms with E-state index >= 15 is 0 Å². The van der Waals surface area contributed by atoms with Crippen molar-refractivity contribution < 1.29 is 23.9 Å². The third kappa shape index (κ3) is 4.71. The molecule has 1 aromatic carbocycles. The van der Waals surface area contributed by atoms with Crippen LogP contribution in [0.15, 0.2) is 24.3 Å². The van der Waals surface area contributed by atoms with Gasteiger partial charge in [0.25, 0.3) is 11.8 Å². The van der Waals surface area contributed by atoms with Gasteiger partial charge in [0.05, 0.1) is 5.92 Å². The smallest absolute Gasteiger partial charge is 0.251 e. The number of likely N-dealkylation sites (tertiary alicyclic amines) is 1. The van der Waals surface area contributed by atoms with Gasteiger partial charge in [0.2, 0.25) is 11.8 Å². The molecule has 2 atom stereocenters. The predicted octanol–water partition coefficient (Wildman–Crippen LogP) is 0.149. The molecule has 0 saturated carbocycles. The third-order valence-electron chi connectivity index (χ3n) is 6.00. The van der Waals surface area contributed by atoms with E-state index in [1.54, 1.807) is 31.2 Å². The molecule has 1 aromatic rings. The number of benzene rings is 1. The maximum absolute atomic E-state index is 12.8. The zero-order valence-corrected chi connectivity index (χ0v) is 18.0. The van der Waals surface area contributed by atoms with Crippen LogP contribution in [0.3, 0.4) is 0 Å². The molecule has 0 radical (unpaired) electrons. The number of hydrogen-bond donors (Lipinski definition) is 3. The van der Waals surface area contributed by atoms with E-state index < -0.39 is 23.3 Å². The van der Waals surface area contributed by atoms with E-state index in [2.05, 4.69) is 10.6 Å². The van der Waals surface area contributed by atoms with Crippen molar-refractivity contribution in [2.45, 2.75) is 38.7 Å². The van der Waals surface area contributed by atoms with Gasteiger partial charge in [-0.15, -0.1) is 0 Å². The molecule has 4 N–H and O–H groups in total. The SMILES string of the molecule is CCCCOC(C)C(=O)N1CC(CNC(=O)C2CNC(=O)c3ccccc32)(C(N)=O)C1. The van der Waals surface area contributed by atoms with Crippen molar-refractivity contribution in [3.05, 3.63) is 35.4 Å². The van der Waals surface area contributed by atoms with Crippen molar-refractivity contribution >= 4 is 23.6 Å². The summed E-state index contributed by atoms with van der Waals surface area (Å²) >= 11 is 0. The fraction of sp³-hybridized carbons (Fsp3) is 0.545. The average molecular weight is 431 g/mol. The summed E-state index contributed by atoms with van der Waals surface area (Å²) in [6.45, 7) is 4.74. The van der Waals surface area contributed by atoms with Gasteiger partial charge in [-0.1, -0.05) is 31.5 Å². The van der Waals surface area contributed by atoms with E-state index in [4.69, 9.17) is 10.5 Å². The Labute approximate surface area is 181 Å². The van der Waals surface area contributed by atoms with Crippen LogP contribution in [0, 0.1) is 5.41 Å². The number of nitrogens with one attached hydrogen (secondary N) is 2. The predicted molar refractivity (Wildman–Crippen MR) is 113 cm³/mol. The summed E-state index contributed by atoms with van der Waals surface area (Å²) in [7, 11) is 0. The topological polar surface area (TPSA) is 131 Å². The molecule has 2 heterocycles. The second-order valence-electron chi connectivity index (χ2n) is 8.27. The highest BCUT2D eigenvalue weighted by Gasteiger charge is 2.51. The average Bonchev–Trinajstić information content (AvgIpc) is 2.72. The van der Waals surface area contributed by atoms with Gasteiger partial charge in [0.15, 0.2) is 0 Å². The van der Waals surface area contributed by atoms with Crippen LogP contribution in [0.2, 0.25) is 0 Å². The molecule has 2 aliphatic heterocycles. The van der Waals surface area contributed by atoms with Gasteiger partial charge in [-0.3, -0.25) is 19.2 Å². The molecule has 2 aliphatic rings. The molecule has 0 aromatic heterocycles. The number of fused-ring (bicyclic) bond motifs is 1. The number of ether oxygens (including phenoxy) is 1. The van der Waals surface area contributed by atoms with Crippen LogP contribution >= 0.6 is 0 Å². The van der Waals surface area contributed by atoms with Crippen LogP contribution in [0.1, 0.15) is 48.5 Å². The summed E-state index contributed by atoms with van der Waals surface area (Å²) in [6, 6.07) is 6.95. The second kappa shape index (κ2) is 9.47. The van der Waals surface area contributed by atoms with Gasteiger partial charge >= 0.3 is 0 Å². The molecular formula is C22H30N4O5. The number of primary amides is 1. The minimum Gasteiger partial charge on any atom is -0.369 e. The normalized spacial score (nSPS) is 20.1. The van der Waals surface area contributed by atoms with Crippen molar-refractivity contribution in [3.63, 3.8) is 0 Å². The molecule has 0 bridgehead atoms. The summed E-state index contributed by atoms with van der Waals surface area (Å²) in [5.74, 6) is -1.81. The Morgan fingerprint density at radius 3 is 2.71 bits per heavy atom. The van der Waals surface area contributed by atoms with Gasteiger partial charge in [-0.2, -0.15) is 0 Å². The van der Waals surface area contributed by atoms with Gasteiger partial charge in [0, 0.05) is 38.3 Å². The Hall–Kier alpha value is -2.94. The Bertz CT molecular complexity index is 865. The number of amides is 4. The highest BCUT2D eigenvalue weighted by atomic mass is 16.5. The first kappa shape index (κ1) is 22.7. The first-order valence-electron chi connectivity index (χ1n) is 10.6. The van der Waals surface area contributed by atoms with E-state index in [9.17, 15) is 19.2 Å². The van der Waals surface area contributed by atoms with E-state index in [1.165, 1.54) is 4.90 Å². The number of hydrogen-bond acceptors (Lipinski definition) is 5. The van der Waals surface area contributed by atoms with Gasteiger partial charge in [0.1, 0.15) is 11.5 Å². The summed E-state index contributed by atoms with van der Waals surface area (Å²) in [4.78, 5) is 51.0. The van der Waals surface area contributed by atoms with Gasteiger partial charge in [-0.05, 0) is 25.0 Å². The fourth-order valence-corrected chi connectivity index (χ4v) is 3.95. The van der Waals surface area contributed by atoms with Crippen molar-refractivity contribution in [1.82, 2.24) is 15.5 Å². The first-order valence-corrected chi connectivity index (χ1v) is 10.6. The highest BCUT2D eigenvalue weighted by molar-refractivity contribution is 6.00. The van der Waals surface area contributed by atoms with Crippen LogP contribution in [-0.4, -0.2) is 67.4 Å². The zero-order chi connectivity index (χ0) is 22.6. The van der Waals surface area contributed by atoms with Crippen LogP contribution in [0.5, 0.6) is 0 Å². The Morgan fingerprint density at radius 2 is 2.03 bits per heavy atom. The molecule has 1 fully saturated rings. The molecule has 2 unspecified atom stereocenters. The first-order chi connectivity index (χ1) is 14.8. The Balaban J connectivity index is 1.58. The van der Waals surface area contributed by atoms with Gasteiger partial charge in [-0.25, -0.2) is 0 Å². The lowest BCUT2D eigenvalue weighted by Gasteiger charge is -2.48. The van der Waals surface area contributed by atoms with Gasteiger partial charge < -0.3 is 26.0 Å². The Morgan fingerprint density at radius 1 is 1.32 bits per heavy atom. The molecule has 4 amide bonds. The largest absolute Gasteiger partial charge is 0.369 e. The fourth-order valence-electron chi connectivity index (χ4n) is 3.95. The number of nitrogens with zero attached hydrogens (tertiary/aromatic N) is 1. The van der Waals surface area contributed by atoms with Crippen molar-refractivity contribution in [2.24, 2.45) is 11.1 Å². The number of carbonyl (C=O) groups is 4. The molecule has 3 rings (SSSR count). The van der Waals surface area contributed by atoms with Crippen molar-refractivity contribution in [3.8, 4) is 0 Å². The molecular weight excluding hydrogens is 400 g/mol. The maximum Gasteiger partial charge on any atom is 0.251 e. The monoisotopic (exact) mass is 430 g/mol. The molecule has 31 heavy (non-hydrogen) atoms. The number of unbranched alkanes of at least 4 members (excludes halogenated alkanes) is 1. The van der Waals surface area contributed by atoms with Crippen molar-refractivity contribution in [2.75, 3.05) is 32.8 Å². The number of carbonyl (C=O) groups excluding carboxylic acids is 4. The summed E-state index contributed by atoms with van der Waals surface area (Å²) in [6.07, 6.45) is 1.26.